The summed E-state index contributed by atoms with van der Waals surface area (Å²) in [5, 5.41) is 4.02. The Labute approximate surface area is 159 Å². The number of rotatable bonds is 1. The van der Waals surface area contributed by atoms with Crippen LogP contribution in [-0.4, -0.2) is 17.1 Å². The van der Waals surface area contributed by atoms with Gasteiger partial charge in [0.1, 0.15) is 0 Å². The molecule has 2 nitrogen and oxygen atoms in total. The van der Waals surface area contributed by atoms with E-state index in [2.05, 4.69) is 64.9 Å². The molecule has 6 rings (SSSR count). The molecule has 5 aliphatic rings. The van der Waals surface area contributed by atoms with Crippen molar-refractivity contribution in [2.75, 3.05) is 0 Å². The van der Waals surface area contributed by atoms with Crippen molar-refractivity contribution in [3.8, 4) is 0 Å². The van der Waals surface area contributed by atoms with Crippen LogP contribution in [0.25, 0.3) is 0 Å². The summed E-state index contributed by atoms with van der Waals surface area (Å²) < 4.78 is 0. The molecule has 0 aromatic heterocycles. The summed E-state index contributed by atoms with van der Waals surface area (Å²) in [6, 6.07) is 9.79. The highest BCUT2D eigenvalue weighted by Crippen LogP contribution is 2.51. The van der Waals surface area contributed by atoms with Crippen molar-refractivity contribution in [1.82, 2.24) is 10.2 Å². The van der Waals surface area contributed by atoms with E-state index in [9.17, 15) is 0 Å². The Morgan fingerprint density at radius 1 is 1.04 bits per heavy atom. The molecule has 1 N–H and O–H groups in total. The van der Waals surface area contributed by atoms with Crippen LogP contribution >= 0.6 is 11.8 Å². The Bertz CT molecular complexity index is 878. The summed E-state index contributed by atoms with van der Waals surface area (Å²) in [5.41, 5.74) is 4.83. The summed E-state index contributed by atoms with van der Waals surface area (Å²) in [7, 11) is 0. The molecule has 132 valence electrons. The van der Waals surface area contributed by atoms with Gasteiger partial charge in [-0.25, -0.2) is 0 Å². The minimum Gasteiger partial charge on any atom is -0.352 e. The fraction of sp³-hybridized carbons (Fsp3) is 0.391. The molecule has 0 fully saturated rings. The molecule has 0 saturated heterocycles. The number of nitrogens with zero attached hydrogens (tertiary/aromatic N) is 1. The average molecular weight is 361 g/mol. The van der Waals surface area contributed by atoms with Crippen LogP contribution in [0.1, 0.15) is 43.7 Å². The lowest BCUT2D eigenvalue weighted by atomic mass is 9.85. The standard InChI is InChI=1S/C23H24N2S/c1-4-10-18-15(7-1)16-8-2-5-11-19(16)25(18)22-14-13-21-23(24-22)17-9-3-6-12-20(17)26-21/h1,3-4,6-7,9-10,12-13,15,18,22-24H,2,5,8,11,14H2. The van der Waals surface area contributed by atoms with Gasteiger partial charge in [0.2, 0.25) is 0 Å². The fourth-order valence-electron chi connectivity index (χ4n) is 5.49. The van der Waals surface area contributed by atoms with Crippen LogP contribution in [0.5, 0.6) is 0 Å². The van der Waals surface area contributed by atoms with Crippen LogP contribution in [0, 0.1) is 5.92 Å². The van der Waals surface area contributed by atoms with Crippen LogP contribution in [0.4, 0.5) is 0 Å². The second-order valence-corrected chi connectivity index (χ2v) is 9.09. The first-order valence-electron chi connectivity index (χ1n) is 9.98. The number of nitrogens with one attached hydrogen (secondary N) is 1. The normalized spacial score (nSPS) is 34.3. The highest BCUT2D eigenvalue weighted by molar-refractivity contribution is 8.03. The molecular weight excluding hydrogens is 336 g/mol. The zero-order chi connectivity index (χ0) is 17.1. The third kappa shape index (κ3) is 2.17. The lowest BCUT2D eigenvalue weighted by Crippen LogP contribution is -2.51. The minimum atomic E-state index is 0.379. The van der Waals surface area contributed by atoms with Gasteiger partial charge in [0.05, 0.1) is 18.2 Å². The molecule has 0 saturated carbocycles. The van der Waals surface area contributed by atoms with Gasteiger partial charge in [-0.05, 0) is 42.9 Å². The van der Waals surface area contributed by atoms with Crippen LogP contribution in [0.2, 0.25) is 0 Å². The van der Waals surface area contributed by atoms with Crippen molar-refractivity contribution < 1.29 is 0 Å². The number of hydrogen-bond acceptors (Lipinski definition) is 3. The highest BCUT2D eigenvalue weighted by atomic mass is 32.2. The monoisotopic (exact) mass is 360 g/mol. The Hall–Kier alpha value is -1.71. The Morgan fingerprint density at radius 2 is 1.92 bits per heavy atom. The molecule has 0 amide bonds. The van der Waals surface area contributed by atoms with E-state index in [1.165, 1.54) is 41.0 Å². The lowest BCUT2D eigenvalue weighted by Gasteiger charge is -2.41. The highest BCUT2D eigenvalue weighted by Gasteiger charge is 2.44. The first-order valence-corrected chi connectivity index (χ1v) is 10.8. The number of hydrogen-bond donors (Lipinski definition) is 1. The van der Waals surface area contributed by atoms with Gasteiger partial charge in [0.15, 0.2) is 0 Å². The van der Waals surface area contributed by atoms with Gasteiger partial charge in [0, 0.05) is 27.8 Å². The van der Waals surface area contributed by atoms with Gasteiger partial charge >= 0.3 is 0 Å². The van der Waals surface area contributed by atoms with E-state index in [0.29, 0.717) is 24.2 Å². The van der Waals surface area contributed by atoms with E-state index in [-0.39, 0.29) is 0 Å². The Balaban J connectivity index is 1.36. The van der Waals surface area contributed by atoms with Crippen molar-refractivity contribution in [3.63, 3.8) is 0 Å². The van der Waals surface area contributed by atoms with Gasteiger partial charge in [-0.1, -0.05) is 60.3 Å². The third-order valence-corrected chi connectivity index (χ3v) is 7.83. The first kappa shape index (κ1) is 15.4. The van der Waals surface area contributed by atoms with E-state index in [4.69, 9.17) is 0 Å². The van der Waals surface area contributed by atoms with E-state index >= 15 is 0 Å². The summed E-state index contributed by atoms with van der Waals surface area (Å²) in [6.45, 7) is 0. The lowest BCUT2D eigenvalue weighted by molar-refractivity contribution is 0.165. The third-order valence-electron chi connectivity index (χ3n) is 6.60. The van der Waals surface area contributed by atoms with E-state index in [1.54, 1.807) is 11.3 Å². The molecule has 3 heteroatoms. The minimum absolute atomic E-state index is 0.379. The Kier molecular flexibility index (Phi) is 3.48. The molecule has 4 atom stereocenters. The topological polar surface area (TPSA) is 15.3 Å². The molecule has 26 heavy (non-hydrogen) atoms. The summed E-state index contributed by atoms with van der Waals surface area (Å²) in [4.78, 5) is 5.67. The number of benzene rings is 1. The predicted molar refractivity (Wildman–Crippen MR) is 108 cm³/mol. The summed E-state index contributed by atoms with van der Waals surface area (Å²) in [6.07, 6.45) is 18.6. The molecule has 0 spiro atoms. The maximum Gasteiger partial charge on any atom is 0.0842 e. The van der Waals surface area contributed by atoms with Crippen molar-refractivity contribution in [2.45, 2.75) is 55.2 Å². The van der Waals surface area contributed by atoms with Gasteiger partial charge in [-0.15, -0.1) is 0 Å². The zero-order valence-corrected chi connectivity index (χ0v) is 15.7. The zero-order valence-electron chi connectivity index (χ0n) is 14.9. The molecule has 0 radical (unpaired) electrons. The second-order valence-electron chi connectivity index (χ2n) is 7.97. The quantitative estimate of drug-likeness (QED) is 0.732. The van der Waals surface area contributed by atoms with Crippen LogP contribution in [0.3, 0.4) is 0 Å². The number of allylic oxidation sites excluding steroid dienone is 3. The first-order chi connectivity index (χ1) is 12.9. The van der Waals surface area contributed by atoms with Crippen LogP contribution in [-0.2, 0) is 0 Å². The molecule has 1 aromatic carbocycles. The molecule has 1 aromatic rings. The van der Waals surface area contributed by atoms with Gasteiger partial charge in [-0.2, -0.15) is 0 Å². The maximum absolute atomic E-state index is 4.02. The smallest absolute Gasteiger partial charge is 0.0842 e. The van der Waals surface area contributed by atoms with Crippen molar-refractivity contribution in [1.29, 1.82) is 0 Å². The maximum atomic E-state index is 4.02. The molecule has 3 heterocycles. The molecule has 0 bridgehead atoms. The average Bonchev–Trinajstić information content (AvgIpc) is 3.23. The predicted octanol–water partition coefficient (Wildman–Crippen LogP) is 5.29. The van der Waals surface area contributed by atoms with E-state index in [1.807, 2.05) is 11.8 Å². The number of fused-ring (bicyclic) bond motifs is 5. The van der Waals surface area contributed by atoms with Gasteiger partial charge in [-0.3, -0.25) is 5.32 Å². The van der Waals surface area contributed by atoms with E-state index < -0.39 is 0 Å². The fourth-order valence-corrected chi connectivity index (χ4v) is 6.69. The van der Waals surface area contributed by atoms with Crippen molar-refractivity contribution in [2.24, 2.45) is 5.92 Å². The molecule has 3 aliphatic heterocycles. The largest absolute Gasteiger partial charge is 0.352 e. The second kappa shape index (κ2) is 5.90. The van der Waals surface area contributed by atoms with Crippen LogP contribution < -0.4 is 5.32 Å². The molecule has 2 aliphatic carbocycles. The molecular formula is C23H24N2S. The van der Waals surface area contributed by atoms with Crippen molar-refractivity contribution >= 4 is 11.8 Å². The van der Waals surface area contributed by atoms with E-state index in [0.717, 1.165) is 6.42 Å². The number of thioether (sulfide) groups is 1. The van der Waals surface area contributed by atoms with Gasteiger partial charge in [0.25, 0.3) is 0 Å². The SMILES string of the molecule is C1=CC2C3=C(CCCC3)N(C3CC=C4Sc5ccccc5C4N3)C2C=C1. The summed E-state index contributed by atoms with van der Waals surface area (Å²) in [5.74, 6) is 0.604. The van der Waals surface area contributed by atoms with Crippen LogP contribution in [0.15, 0.2) is 75.7 Å². The Morgan fingerprint density at radius 3 is 2.92 bits per heavy atom. The van der Waals surface area contributed by atoms with Gasteiger partial charge < -0.3 is 4.90 Å². The van der Waals surface area contributed by atoms with Crippen molar-refractivity contribution in [3.05, 3.63) is 76.4 Å². The molecule has 4 unspecified atom stereocenters. The summed E-state index contributed by atoms with van der Waals surface area (Å²) >= 11 is 1.95.